The maximum absolute atomic E-state index is 12.2. The smallest absolute Gasteiger partial charge is 0.224 e. The van der Waals surface area contributed by atoms with Gasteiger partial charge in [0.1, 0.15) is 0 Å². The molecule has 0 aliphatic heterocycles. The Morgan fingerprint density at radius 1 is 1.16 bits per heavy atom. The average molecular weight is 257 g/mol. The van der Waals surface area contributed by atoms with Crippen molar-refractivity contribution in [3.05, 3.63) is 29.3 Å². The monoisotopic (exact) mass is 257 g/mol. The number of hydrogen-bond donors (Lipinski definition) is 1. The summed E-state index contributed by atoms with van der Waals surface area (Å²) in [6.07, 6.45) is 6.13. The van der Waals surface area contributed by atoms with Crippen LogP contribution in [0.25, 0.3) is 0 Å². The van der Waals surface area contributed by atoms with Gasteiger partial charge in [0.2, 0.25) is 5.91 Å². The van der Waals surface area contributed by atoms with E-state index in [2.05, 4.69) is 25.2 Å². The maximum Gasteiger partial charge on any atom is 0.224 e. The van der Waals surface area contributed by atoms with Gasteiger partial charge in [-0.25, -0.2) is 0 Å². The van der Waals surface area contributed by atoms with Crippen molar-refractivity contribution in [3.8, 4) is 0 Å². The Morgan fingerprint density at radius 3 is 2.47 bits per heavy atom. The lowest BCUT2D eigenvalue weighted by atomic mass is 9.86. The van der Waals surface area contributed by atoms with Crippen LogP contribution in [-0.2, 0) is 4.79 Å². The van der Waals surface area contributed by atoms with Crippen molar-refractivity contribution in [2.24, 2.45) is 17.8 Å². The Morgan fingerprint density at radius 2 is 1.89 bits per heavy atom. The topological polar surface area (TPSA) is 29.1 Å². The van der Waals surface area contributed by atoms with Crippen molar-refractivity contribution < 1.29 is 4.79 Å². The van der Waals surface area contributed by atoms with Gasteiger partial charge in [-0.1, -0.05) is 12.5 Å². The van der Waals surface area contributed by atoms with Crippen LogP contribution in [0.15, 0.2) is 18.2 Å². The number of fused-ring (bicyclic) bond motifs is 2. The molecule has 2 fully saturated rings. The molecule has 19 heavy (non-hydrogen) atoms. The SMILES string of the molecule is Cc1cc(C)cc(NC(=O)C[C@H]2C[C@H]3CC[C@@H]2C3)c1. The number of rotatable bonds is 3. The molecule has 2 saturated carbocycles. The van der Waals surface area contributed by atoms with E-state index in [-0.39, 0.29) is 5.91 Å². The summed E-state index contributed by atoms with van der Waals surface area (Å²) in [4.78, 5) is 12.2. The molecule has 2 nitrogen and oxygen atoms in total. The summed E-state index contributed by atoms with van der Waals surface area (Å²) in [5.74, 6) is 2.59. The molecule has 102 valence electrons. The molecule has 1 amide bonds. The molecule has 2 bridgehead atoms. The van der Waals surface area contributed by atoms with E-state index in [1.807, 2.05) is 12.1 Å². The first-order valence-electron chi connectivity index (χ1n) is 7.48. The predicted octanol–water partition coefficient (Wildman–Crippen LogP) is 4.07. The quantitative estimate of drug-likeness (QED) is 0.869. The Labute approximate surface area is 115 Å². The van der Waals surface area contributed by atoms with E-state index in [1.165, 1.54) is 36.8 Å². The minimum Gasteiger partial charge on any atom is -0.326 e. The van der Waals surface area contributed by atoms with Crippen LogP contribution in [0.1, 0.15) is 43.2 Å². The fraction of sp³-hybridized carbons (Fsp3) is 0.588. The van der Waals surface area contributed by atoms with Crippen LogP contribution in [-0.4, -0.2) is 5.91 Å². The van der Waals surface area contributed by atoms with Gasteiger partial charge in [0.05, 0.1) is 0 Å². The van der Waals surface area contributed by atoms with Gasteiger partial charge in [-0.05, 0) is 74.1 Å². The van der Waals surface area contributed by atoms with Crippen molar-refractivity contribution in [1.29, 1.82) is 0 Å². The van der Waals surface area contributed by atoms with Crippen LogP contribution in [0.5, 0.6) is 0 Å². The molecule has 1 aromatic rings. The zero-order chi connectivity index (χ0) is 13.4. The molecule has 0 spiro atoms. The highest BCUT2D eigenvalue weighted by Gasteiger charge is 2.40. The molecule has 1 N–H and O–H groups in total. The van der Waals surface area contributed by atoms with E-state index in [1.54, 1.807) is 0 Å². The number of aryl methyl sites for hydroxylation is 2. The maximum atomic E-state index is 12.2. The van der Waals surface area contributed by atoms with E-state index >= 15 is 0 Å². The summed E-state index contributed by atoms with van der Waals surface area (Å²) in [7, 11) is 0. The van der Waals surface area contributed by atoms with Crippen LogP contribution >= 0.6 is 0 Å². The van der Waals surface area contributed by atoms with Crippen molar-refractivity contribution in [3.63, 3.8) is 0 Å². The first-order valence-corrected chi connectivity index (χ1v) is 7.48. The van der Waals surface area contributed by atoms with Crippen LogP contribution in [0.4, 0.5) is 5.69 Å². The minimum atomic E-state index is 0.197. The highest BCUT2D eigenvalue weighted by molar-refractivity contribution is 5.91. The molecular weight excluding hydrogens is 234 g/mol. The number of carbonyl (C=O) groups excluding carboxylic acids is 1. The van der Waals surface area contributed by atoms with E-state index in [9.17, 15) is 4.79 Å². The van der Waals surface area contributed by atoms with Crippen LogP contribution in [0.3, 0.4) is 0 Å². The summed E-state index contributed by atoms with van der Waals surface area (Å²) < 4.78 is 0. The standard InChI is InChI=1S/C17H23NO/c1-11-5-12(2)7-16(6-11)18-17(19)10-15-9-13-3-4-14(15)8-13/h5-7,13-15H,3-4,8-10H2,1-2H3,(H,18,19)/t13-,14+,15+/m0/s1. The van der Waals surface area contributed by atoms with Crippen molar-refractivity contribution >= 4 is 11.6 Å². The van der Waals surface area contributed by atoms with Crippen LogP contribution < -0.4 is 5.32 Å². The summed E-state index contributed by atoms with van der Waals surface area (Å²) >= 11 is 0. The zero-order valence-corrected chi connectivity index (χ0v) is 11.9. The van der Waals surface area contributed by atoms with Gasteiger partial charge in [-0.15, -0.1) is 0 Å². The molecule has 2 heteroatoms. The Hall–Kier alpha value is -1.31. The highest BCUT2D eigenvalue weighted by atomic mass is 16.1. The minimum absolute atomic E-state index is 0.197. The first kappa shape index (κ1) is 12.7. The third kappa shape index (κ3) is 2.83. The van der Waals surface area contributed by atoms with E-state index in [0.717, 1.165) is 17.5 Å². The number of nitrogens with one attached hydrogen (secondary N) is 1. The largest absolute Gasteiger partial charge is 0.326 e. The summed E-state index contributed by atoms with van der Waals surface area (Å²) in [6, 6.07) is 6.23. The molecule has 3 atom stereocenters. The molecule has 0 radical (unpaired) electrons. The predicted molar refractivity (Wildman–Crippen MR) is 78.1 cm³/mol. The second-order valence-electron chi connectivity index (χ2n) is 6.56. The van der Waals surface area contributed by atoms with Gasteiger partial charge >= 0.3 is 0 Å². The zero-order valence-electron chi connectivity index (χ0n) is 11.9. The number of anilines is 1. The summed E-state index contributed by atoms with van der Waals surface area (Å²) in [6.45, 7) is 4.14. The second-order valence-corrected chi connectivity index (χ2v) is 6.56. The molecule has 2 aliphatic rings. The van der Waals surface area contributed by atoms with Crippen molar-refractivity contribution in [2.45, 2.75) is 46.0 Å². The normalized spacial score (nSPS) is 28.6. The van der Waals surface area contributed by atoms with Gasteiger partial charge < -0.3 is 5.32 Å². The Bertz CT molecular complexity index is 474. The van der Waals surface area contributed by atoms with Gasteiger partial charge in [-0.2, -0.15) is 0 Å². The Balaban J connectivity index is 1.59. The lowest BCUT2D eigenvalue weighted by Crippen LogP contribution is -2.20. The van der Waals surface area contributed by atoms with Gasteiger partial charge in [0.15, 0.2) is 0 Å². The lowest BCUT2D eigenvalue weighted by molar-refractivity contribution is -0.117. The molecule has 2 aliphatic carbocycles. The fourth-order valence-electron chi connectivity index (χ4n) is 4.12. The molecule has 3 rings (SSSR count). The van der Waals surface area contributed by atoms with Gasteiger partial charge in [0, 0.05) is 12.1 Å². The van der Waals surface area contributed by atoms with Crippen molar-refractivity contribution in [2.75, 3.05) is 5.32 Å². The van der Waals surface area contributed by atoms with Crippen LogP contribution in [0, 0.1) is 31.6 Å². The third-order valence-corrected chi connectivity index (χ3v) is 4.84. The molecular formula is C17H23NO. The van der Waals surface area contributed by atoms with E-state index in [0.29, 0.717) is 12.3 Å². The summed E-state index contributed by atoms with van der Waals surface area (Å²) in [5, 5.41) is 3.07. The molecule has 1 aromatic carbocycles. The van der Waals surface area contributed by atoms with Crippen molar-refractivity contribution in [1.82, 2.24) is 0 Å². The molecule has 0 unspecified atom stereocenters. The number of carbonyl (C=O) groups is 1. The van der Waals surface area contributed by atoms with Crippen LogP contribution in [0.2, 0.25) is 0 Å². The highest BCUT2D eigenvalue weighted by Crippen LogP contribution is 2.49. The van der Waals surface area contributed by atoms with Gasteiger partial charge in [-0.3, -0.25) is 4.79 Å². The lowest BCUT2D eigenvalue weighted by Gasteiger charge is -2.21. The molecule has 0 heterocycles. The first-order chi connectivity index (χ1) is 9.10. The third-order valence-electron chi connectivity index (χ3n) is 4.84. The van der Waals surface area contributed by atoms with E-state index < -0.39 is 0 Å². The van der Waals surface area contributed by atoms with Gasteiger partial charge in [0.25, 0.3) is 0 Å². The summed E-state index contributed by atoms with van der Waals surface area (Å²) in [5.41, 5.74) is 3.36. The average Bonchev–Trinajstić information content (AvgIpc) is 2.88. The molecule has 0 aromatic heterocycles. The number of amides is 1. The fourth-order valence-corrected chi connectivity index (χ4v) is 4.12. The second kappa shape index (κ2) is 4.99. The number of hydrogen-bond acceptors (Lipinski definition) is 1. The molecule has 0 saturated heterocycles. The number of benzene rings is 1. The Kier molecular flexibility index (Phi) is 3.34. The van der Waals surface area contributed by atoms with E-state index in [4.69, 9.17) is 0 Å².